The summed E-state index contributed by atoms with van der Waals surface area (Å²) < 4.78 is 14.2. The predicted octanol–water partition coefficient (Wildman–Crippen LogP) is 3.06. The molecule has 0 spiro atoms. The summed E-state index contributed by atoms with van der Waals surface area (Å²) in [5.41, 5.74) is 10.3. The molecule has 10 heteroatoms. The third-order valence-corrected chi connectivity index (χ3v) is 5.76. The summed E-state index contributed by atoms with van der Waals surface area (Å²) in [4.78, 5) is 20.5. The molecule has 35 heavy (non-hydrogen) atoms. The minimum atomic E-state index is -0.504. The topological polar surface area (TPSA) is 134 Å². The fraction of sp³-hybridized carbons (Fsp3) is 0.160. The van der Waals surface area contributed by atoms with Crippen molar-refractivity contribution in [2.75, 3.05) is 6.61 Å². The second kappa shape index (κ2) is 8.79. The number of hydrogen-bond acceptors (Lipinski definition) is 8. The van der Waals surface area contributed by atoms with Crippen molar-refractivity contribution in [3.8, 4) is 28.9 Å². The first kappa shape index (κ1) is 21.9. The van der Waals surface area contributed by atoms with Crippen LogP contribution < -0.4 is 10.5 Å². The van der Waals surface area contributed by atoms with E-state index in [2.05, 4.69) is 21.1 Å². The molecular formula is C25H21N7O3. The summed E-state index contributed by atoms with van der Waals surface area (Å²) in [5, 5.41) is 14.6. The molecule has 1 aliphatic heterocycles. The Bertz CT molecular complexity index is 1480. The lowest BCUT2D eigenvalue weighted by Gasteiger charge is -2.25. The third kappa shape index (κ3) is 3.69. The summed E-state index contributed by atoms with van der Waals surface area (Å²) in [7, 11) is 1.77. The van der Waals surface area contributed by atoms with E-state index in [1.165, 1.54) is 0 Å². The van der Waals surface area contributed by atoms with Crippen LogP contribution in [0.5, 0.6) is 5.88 Å². The molecule has 1 aromatic carbocycles. The van der Waals surface area contributed by atoms with Crippen molar-refractivity contribution in [1.82, 2.24) is 24.3 Å². The van der Waals surface area contributed by atoms with Gasteiger partial charge in [0.15, 0.2) is 0 Å². The van der Waals surface area contributed by atoms with Gasteiger partial charge in [0.25, 0.3) is 0 Å². The molecule has 10 nitrogen and oxygen atoms in total. The monoisotopic (exact) mass is 467 g/mol. The van der Waals surface area contributed by atoms with E-state index < -0.39 is 11.9 Å². The van der Waals surface area contributed by atoms with Crippen LogP contribution in [-0.2, 0) is 11.8 Å². The zero-order chi connectivity index (χ0) is 24.5. The molecule has 0 bridgehead atoms. The van der Waals surface area contributed by atoms with Gasteiger partial charge in [0.2, 0.25) is 17.6 Å². The molecule has 1 aliphatic rings. The highest BCUT2D eigenvalue weighted by molar-refractivity contribution is 5.86. The number of fused-ring (bicyclic) bond motifs is 1. The molecule has 4 aromatic rings. The van der Waals surface area contributed by atoms with E-state index in [1.54, 1.807) is 48.0 Å². The predicted molar refractivity (Wildman–Crippen MR) is 125 cm³/mol. The largest absolute Gasteiger partial charge is 0.460 e. The third-order valence-electron chi connectivity index (χ3n) is 5.76. The number of allylic oxidation sites excluding steroid dienone is 1. The molecule has 1 atom stereocenters. The Labute approximate surface area is 200 Å². The summed E-state index contributed by atoms with van der Waals surface area (Å²) in [5.74, 6) is -0.307. The van der Waals surface area contributed by atoms with E-state index in [-0.39, 0.29) is 18.3 Å². The van der Waals surface area contributed by atoms with Gasteiger partial charge in [-0.1, -0.05) is 12.1 Å². The number of nitrogens with two attached hydrogens (primary N) is 1. The van der Waals surface area contributed by atoms with Crippen molar-refractivity contribution >= 4 is 5.97 Å². The summed E-state index contributed by atoms with van der Waals surface area (Å²) in [6.07, 6.45) is 6.60. The van der Waals surface area contributed by atoms with Crippen LogP contribution in [0.1, 0.15) is 34.6 Å². The number of rotatable bonds is 5. The Hall–Kier alpha value is -4.91. The molecule has 0 saturated heterocycles. The molecular weight excluding hydrogens is 446 g/mol. The van der Waals surface area contributed by atoms with Crippen molar-refractivity contribution in [3.63, 3.8) is 0 Å². The maximum atomic E-state index is 12.3. The zero-order valence-electron chi connectivity index (χ0n) is 19.0. The minimum absolute atomic E-state index is 0.0394. The number of ether oxygens (including phenoxy) is 2. The van der Waals surface area contributed by atoms with Gasteiger partial charge >= 0.3 is 5.97 Å². The second-order valence-corrected chi connectivity index (χ2v) is 7.78. The number of carbonyl (C=O) groups excluding carboxylic acids is 1. The molecule has 0 aliphatic carbocycles. The van der Waals surface area contributed by atoms with Gasteiger partial charge in [-0.05, 0) is 36.8 Å². The van der Waals surface area contributed by atoms with Crippen molar-refractivity contribution < 1.29 is 14.3 Å². The Kier molecular flexibility index (Phi) is 5.51. The van der Waals surface area contributed by atoms with Crippen molar-refractivity contribution in [1.29, 1.82) is 5.26 Å². The van der Waals surface area contributed by atoms with E-state index in [1.807, 2.05) is 36.4 Å². The lowest BCUT2D eigenvalue weighted by Crippen LogP contribution is -2.22. The molecule has 0 saturated carbocycles. The van der Waals surface area contributed by atoms with Gasteiger partial charge in [0.05, 0.1) is 18.1 Å². The van der Waals surface area contributed by atoms with Gasteiger partial charge in [-0.25, -0.2) is 14.5 Å². The maximum absolute atomic E-state index is 12.3. The second-order valence-electron chi connectivity index (χ2n) is 7.78. The minimum Gasteiger partial charge on any atom is -0.460 e. The summed E-state index contributed by atoms with van der Waals surface area (Å²) in [6, 6.07) is 13.4. The normalized spacial score (nSPS) is 14.7. The molecule has 0 fully saturated rings. The Balaban J connectivity index is 1.61. The first-order valence-corrected chi connectivity index (χ1v) is 10.9. The molecule has 174 valence electrons. The molecule has 0 radical (unpaired) electrons. The van der Waals surface area contributed by atoms with Crippen LogP contribution >= 0.6 is 0 Å². The Morgan fingerprint density at radius 3 is 2.63 bits per heavy atom. The maximum Gasteiger partial charge on any atom is 0.374 e. The number of esters is 1. The highest BCUT2D eigenvalue weighted by Crippen LogP contribution is 2.46. The number of benzene rings is 1. The smallest absolute Gasteiger partial charge is 0.374 e. The first-order chi connectivity index (χ1) is 17.0. The summed E-state index contributed by atoms with van der Waals surface area (Å²) in [6.45, 7) is 2.00. The van der Waals surface area contributed by atoms with Crippen LogP contribution in [0.25, 0.3) is 16.9 Å². The van der Waals surface area contributed by atoms with Gasteiger partial charge in [-0.15, -0.1) is 0 Å². The van der Waals surface area contributed by atoms with Gasteiger partial charge in [-0.2, -0.15) is 10.4 Å². The number of imidazole rings is 1. The van der Waals surface area contributed by atoms with Crippen molar-refractivity contribution in [2.24, 2.45) is 12.8 Å². The van der Waals surface area contributed by atoms with Crippen LogP contribution in [0, 0.1) is 11.3 Å². The number of nitriles is 1. The van der Waals surface area contributed by atoms with Crippen LogP contribution in [0.3, 0.4) is 0 Å². The zero-order valence-corrected chi connectivity index (χ0v) is 19.0. The highest BCUT2D eigenvalue weighted by atomic mass is 16.5. The van der Waals surface area contributed by atoms with Crippen LogP contribution in [-0.4, -0.2) is 36.9 Å². The number of nitrogens with zero attached hydrogens (tertiary/aromatic N) is 6. The molecule has 4 heterocycles. The number of aromatic nitrogens is 5. The molecule has 3 aromatic heterocycles. The van der Waals surface area contributed by atoms with Crippen LogP contribution in [0.15, 0.2) is 72.6 Å². The molecule has 1 unspecified atom stereocenters. The lowest BCUT2D eigenvalue weighted by molar-refractivity contribution is 0.0510. The van der Waals surface area contributed by atoms with E-state index in [4.69, 9.17) is 15.2 Å². The van der Waals surface area contributed by atoms with E-state index in [9.17, 15) is 10.1 Å². The SMILES string of the molecule is CCOC(=O)c1nccn1-c1ccc(C2C(C#N)=C(N)Oc3c2c(-c2ccncc2)nn3C)cc1. The van der Waals surface area contributed by atoms with Gasteiger partial charge in [-0.3, -0.25) is 9.55 Å². The average molecular weight is 467 g/mol. The van der Waals surface area contributed by atoms with Gasteiger partial charge < -0.3 is 15.2 Å². The fourth-order valence-electron chi connectivity index (χ4n) is 4.21. The lowest BCUT2D eigenvalue weighted by atomic mass is 9.83. The van der Waals surface area contributed by atoms with E-state index >= 15 is 0 Å². The Morgan fingerprint density at radius 2 is 1.94 bits per heavy atom. The summed E-state index contributed by atoms with van der Waals surface area (Å²) >= 11 is 0. The van der Waals surface area contributed by atoms with Crippen LogP contribution in [0.2, 0.25) is 0 Å². The highest BCUT2D eigenvalue weighted by Gasteiger charge is 2.36. The standard InChI is InChI=1S/C25H21N7O3/c1-3-34-25(33)23-29-12-13-32(23)17-6-4-15(5-7-17)19-18(14-26)22(27)35-24-20(19)21(30-31(24)2)16-8-10-28-11-9-16/h4-13,19H,3,27H2,1-2H3. The Morgan fingerprint density at radius 1 is 1.20 bits per heavy atom. The number of carbonyl (C=O) groups is 1. The van der Waals surface area contributed by atoms with Gasteiger partial charge in [0.1, 0.15) is 17.3 Å². The number of pyridine rings is 1. The van der Waals surface area contributed by atoms with Crippen LogP contribution in [0.4, 0.5) is 0 Å². The molecule has 2 N–H and O–H groups in total. The van der Waals surface area contributed by atoms with Gasteiger partial charge in [0, 0.05) is 43.1 Å². The average Bonchev–Trinajstić information content (AvgIpc) is 3.49. The number of aryl methyl sites for hydroxylation is 1. The molecule has 0 amide bonds. The fourth-order valence-corrected chi connectivity index (χ4v) is 4.21. The quantitative estimate of drug-likeness (QED) is 0.443. The first-order valence-electron chi connectivity index (χ1n) is 10.9. The van der Waals surface area contributed by atoms with E-state index in [0.717, 1.165) is 22.4 Å². The van der Waals surface area contributed by atoms with Crippen molar-refractivity contribution in [3.05, 3.63) is 89.6 Å². The van der Waals surface area contributed by atoms with E-state index in [0.29, 0.717) is 17.1 Å². The molecule has 5 rings (SSSR count). The van der Waals surface area contributed by atoms with Crippen molar-refractivity contribution in [2.45, 2.75) is 12.8 Å². The number of hydrogen-bond donors (Lipinski definition) is 1.